The highest BCUT2D eigenvalue weighted by atomic mass is 19.1. The Hall–Kier alpha value is -3.87. The van der Waals surface area contributed by atoms with E-state index in [-0.39, 0.29) is 17.9 Å². The Kier molecular flexibility index (Phi) is 5.10. The van der Waals surface area contributed by atoms with E-state index in [0.29, 0.717) is 22.6 Å². The van der Waals surface area contributed by atoms with Crippen molar-refractivity contribution in [1.29, 1.82) is 0 Å². The van der Waals surface area contributed by atoms with Gasteiger partial charge in [0.05, 0.1) is 31.5 Å². The maximum absolute atomic E-state index is 13.5. The molecule has 1 unspecified atom stereocenters. The van der Waals surface area contributed by atoms with E-state index in [1.165, 1.54) is 42.5 Å². The molecule has 7 heteroatoms. The van der Waals surface area contributed by atoms with Gasteiger partial charge in [-0.3, -0.25) is 9.59 Å². The second-order valence-electron chi connectivity index (χ2n) is 6.79. The number of carbonyl (C=O) groups excluding carboxylic acids is 2. The molecule has 0 aliphatic carbocycles. The van der Waals surface area contributed by atoms with Crippen molar-refractivity contribution in [3.05, 3.63) is 95.2 Å². The zero-order chi connectivity index (χ0) is 21.3. The molecule has 1 atom stereocenters. The van der Waals surface area contributed by atoms with E-state index in [0.717, 1.165) is 0 Å². The van der Waals surface area contributed by atoms with Crippen molar-refractivity contribution in [3.63, 3.8) is 0 Å². The van der Waals surface area contributed by atoms with Crippen molar-refractivity contribution >= 4 is 17.4 Å². The van der Waals surface area contributed by atoms with Crippen LogP contribution in [0.1, 0.15) is 22.9 Å². The van der Waals surface area contributed by atoms with E-state index in [1.54, 1.807) is 36.4 Å². The largest absolute Gasteiger partial charge is 0.507 e. The quantitative estimate of drug-likeness (QED) is 0.392. The highest BCUT2D eigenvalue weighted by molar-refractivity contribution is 6.46. The van der Waals surface area contributed by atoms with Gasteiger partial charge in [-0.25, -0.2) is 4.39 Å². The number of hydrogen-bond acceptors (Lipinski definition) is 5. The molecule has 1 saturated heterocycles. The minimum absolute atomic E-state index is 0.0223. The van der Waals surface area contributed by atoms with Gasteiger partial charge in [-0.15, -0.1) is 0 Å². The Bertz CT molecular complexity index is 1120. The normalized spacial score (nSPS) is 18.1. The monoisotopic (exact) mass is 407 g/mol. The maximum Gasteiger partial charge on any atom is 0.296 e. The molecule has 0 spiro atoms. The molecule has 6 nitrogen and oxygen atoms in total. The summed E-state index contributed by atoms with van der Waals surface area (Å²) in [5.41, 5.74) is 0.746. The summed E-state index contributed by atoms with van der Waals surface area (Å²) in [6, 6.07) is 14.5. The molecule has 2 heterocycles. The number of carbonyl (C=O) groups is 2. The van der Waals surface area contributed by atoms with Crippen LogP contribution in [0.3, 0.4) is 0 Å². The third kappa shape index (κ3) is 3.45. The smallest absolute Gasteiger partial charge is 0.296 e. The molecule has 1 N–H and O–H groups in total. The number of halogens is 1. The first kappa shape index (κ1) is 19.4. The molecule has 152 valence electrons. The van der Waals surface area contributed by atoms with E-state index in [4.69, 9.17) is 9.15 Å². The number of ketones is 1. The third-order valence-electron chi connectivity index (χ3n) is 4.98. The molecule has 1 aliphatic rings. The van der Waals surface area contributed by atoms with Crippen LogP contribution in [0.25, 0.3) is 5.76 Å². The lowest BCUT2D eigenvalue weighted by atomic mass is 9.95. The summed E-state index contributed by atoms with van der Waals surface area (Å²) in [4.78, 5) is 27.1. The number of rotatable bonds is 5. The number of ether oxygens (including phenoxy) is 1. The molecule has 1 fully saturated rings. The Labute approximate surface area is 171 Å². The average Bonchev–Trinajstić information content (AvgIpc) is 3.36. The van der Waals surface area contributed by atoms with E-state index >= 15 is 0 Å². The number of hydrogen-bond donors (Lipinski definition) is 1. The van der Waals surface area contributed by atoms with E-state index < -0.39 is 23.5 Å². The van der Waals surface area contributed by atoms with Crippen molar-refractivity contribution in [2.75, 3.05) is 7.11 Å². The lowest BCUT2D eigenvalue weighted by molar-refractivity contribution is -0.140. The Balaban J connectivity index is 1.86. The van der Waals surface area contributed by atoms with Gasteiger partial charge in [0.15, 0.2) is 0 Å². The van der Waals surface area contributed by atoms with Gasteiger partial charge < -0.3 is 19.2 Å². The van der Waals surface area contributed by atoms with Gasteiger partial charge in [0, 0.05) is 5.56 Å². The van der Waals surface area contributed by atoms with Gasteiger partial charge >= 0.3 is 0 Å². The fourth-order valence-electron chi connectivity index (χ4n) is 3.53. The van der Waals surface area contributed by atoms with Gasteiger partial charge in [0.25, 0.3) is 11.7 Å². The number of likely N-dealkylation sites (tertiary alicyclic amines) is 1. The van der Waals surface area contributed by atoms with Crippen LogP contribution in [-0.2, 0) is 16.1 Å². The zero-order valence-corrected chi connectivity index (χ0v) is 16.0. The van der Waals surface area contributed by atoms with Crippen LogP contribution in [0, 0.1) is 5.82 Å². The SMILES string of the molecule is COc1cccc(/C(O)=C2/C(=O)C(=O)N(Cc3ccco3)C2c2ccc(F)cc2)c1. The van der Waals surface area contributed by atoms with Crippen LogP contribution in [-0.4, -0.2) is 28.8 Å². The predicted octanol–water partition coefficient (Wildman–Crippen LogP) is 4.05. The van der Waals surface area contributed by atoms with Crippen molar-refractivity contribution < 1.29 is 28.2 Å². The molecule has 4 rings (SSSR count). The van der Waals surface area contributed by atoms with Crippen LogP contribution in [0.4, 0.5) is 4.39 Å². The Morgan fingerprint density at radius 3 is 2.57 bits per heavy atom. The van der Waals surface area contributed by atoms with Gasteiger partial charge in [0.1, 0.15) is 23.1 Å². The molecule has 2 aromatic carbocycles. The van der Waals surface area contributed by atoms with Crippen LogP contribution in [0.5, 0.6) is 5.75 Å². The van der Waals surface area contributed by atoms with Crippen molar-refractivity contribution in [2.45, 2.75) is 12.6 Å². The van der Waals surface area contributed by atoms with E-state index in [9.17, 15) is 19.1 Å². The van der Waals surface area contributed by atoms with Crippen molar-refractivity contribution in [1.82, 2.24) is 4.90 Å². The van der Waals surface area contributed by atoms with Gasteiger partial charge in [-0.2, -0.15) is 0 Å². The van der Waals surface area contributed by atoms with Crippen LogP contribution >= 0.6 is 0 Å². The summed E-state index contributed by atoms with van der Waals surface area (Å²) in [6.07, 6.45) is 1.47. The van der Waals surface area contributed by atoms with Crippen molar-refractivity contribution in [2.24, 2.45) is 0 Å². The lowest BCUT2D eigenvalue weighted by Gasteiger charge is -2.24. The number of aliphatic hydroxyl groups excluding tert-OH is 1. The Morgan fingerprint density at radius 2 is 1.90 bits per heavy atom. The average molecular weight is 407 g/mol. The number of nitrogens with zero attached hydrogens (tertiary/aromatic N) is 1. The number of aliphatic hydroxyl groups is 1. The summed E-state index contributed by atoms with van der Waals surface area (Å²) in [6.45, 7) is 0.0223. The minimum Gasteiger partial charge on any atom is -0.507 e. The van der Waals surface area contributed by atoms with Crippen LogP contribution in [0.15, 0.2) is 76.9 Å². The second-order valence-corrected chi connectivity index (χ2v) is 6.79. The van der Waals surface area contributed by atoms with Crippen LogP contribution < -0.4 is 4.74 Å². The molecular weight excluding hydrogens is 389 g/mol. The Morgan fingerprint density at radius 1 is 1.13 bits per heavy atom. The molecule has 0 radical (unpaired) electrons. The summed E-state index contributed by atoms with van der Waals surface area (Å²) in [5, 5.41) is 11.0. The first-order chi connectivity index (χ1) is 14.5. The third-order valence-corrected chi connectivity index (χ3v) is 4.98. The molecule has 3 aromatic rings. The molecule has 0 saturated carbocycles. The zero-order valence-electron chi connectivity index (χ0n) is 16.0. The molecule has 1 aromatic heterocycles. The fraction of sp³-hybridized carbons (Fsp3) is 0.130. The summed E-state index contributed by atoms with van der Waals surface area (Å²) in [5.74, 6) is -1.41. The molecule has 30 heavy (non-hydrogen) atoms. The summed E-state index contributed by atoms with van der Waals surface area (Å²) in [7, 11) is 1.49. The lowest BCUT2D eigenvalue weighted by Crippen LogP contribution is -2.29. The topological polar surface area (TPSA) is 80.0 Å². The molecule has 1 aliphatic heterocycles. The number of benzene rings is 2. The summed E-state index contributed by atoms with van der Waals surface area (Å²) >= 11 is 0. The van der Waals surface area contributed by atoms with Gasteiger partial charge in [-0.05, 0) is 42.0 Å². The number of amides is 1. The molecule has 1 amide bonds. The molecular formula is C23H18FNO5. The number of Topliss-reactive ketones (excluding diaryl/α,β-unsaturated/α-hetero) is 1. The minimum atomic E-state index is -0.901. The van der Waals surface area contributed by atoms with Gasteiger partial charge in [0.2, 0.25) is 0 Å². The summed E-state index contributed by atoms with van der Waals surface area (Å²) < 4.78 is 24.0. The first-order valence-electron chi connectivity index (χ1n) is 9.20. The number of methoxy groups -OCH3 is 1. The fourth-order valence-corrected chi connectivity index (χ4v) is 3.53. The first-order valence-corrected chi connectivity index (χ1v) is 9.20. The second kappa shape index (κ2) is 7.87. The van der Waals surface area contributed by atoms with Crippen molar-refractivity contribution in [3.8, 4) is 5.75 Å². The van der Waals surface area contributed by atoms with Gasteiger partial charge in [-0.1, -0.05) is 24.3 Å². The predicted molar refractivity (Wildman–Crippen MR) is 106 cm³/mol. The van der Waals surface area contributed by atoms with Crippen LogP contribution in [0.2, 0.25) is 0 Å². The van der Waals surface area contributed by atoms with E-state index in [1.807, 2.05) is 0 Å². The standard InChI is InChI=1S/C23H18FNO5/c1-29-17-5-2-4-15(12-17)21(26)19-20(14-7-9-16(24)10-8-14)25(23(28)22(19)27)13-18-6-3-11-30-18/h2-12,20,26H,13H2,1H3/b21-19-. The molecule has 0 bridgehead atoms. The highest BCUT2D eigenvalue weighted by Gasteiger charge is 2.46. The number of furan rings is 1. The maximum atomic E-state index is 13.5. The van der Waals surface area contributed by atoms with E-state index in [2.05, 4.69) is 0 Å². The highest BCUT2D eigenvalue weighted by Crippen LogP contribution is 2.40.